The van der Waals surface area contributed by atoms with E-state index < -0.39 is 0 Å². The predicted octanol–water partition coefficient (Wildman–Crippen LogP) is 4.48. The van der Waals surface area contributed by atoms with Gasteiger partial charge in [-0.05, 0) is 57.0 Å². The fourth-order valence-electron chi connectivity index (χ4n) is 4.01. The first-order valence-electron chi connectivity index (χ1n) is 11.3. The van der Waals surface area contributed by atoms with Crippen LogP contribution < -0.4 is 10.1 Å². The molecule has 0 radical (unpaired) electrons. The van der Waals surface area contributed by atoms with Crippen molar-refractivity contribution in [2.45, 2.75) is 39.2 Å². The second kappa shape index (κ2) is 10.6. The molecule has 0 saturated carbocycles. The van der Waals surface area contributed by atoms with Gasteiger partial charge >= 0.3 is 0 Å². The van der Waals surface area contributed by atoms with Gasteiger partial charge in [0, 0.05) is 35.6 Å². The van der Waals surface area contributed by atoms with Crippen molar-refractivity contribution in [1.29, 1.82) is 0 Å². The van der Waals surface area contributed by atoms with E-state index in [4.69, 9.17) is 4.74 Å². The molecule has 1 fully saturated rings. The molecular formula is C26H29N3O3S. The lowest BCUT2D eigenvalue weighted by Gasteiger charge is -2.32. The molecular weight excluding hydrogens is 434 g/mol. The maximum atomic E-state index is 12.8. The molecule has 0 unspecified atom stereocenters. The van der Waals surface area contributed by atoms with E-state index in [1.807, 2.05) is 41.5 Å². The zero-order chi connectivity index (χ0) is 23.2. The fourth-order valence-corrected chi connectivity index (χ4v) is 4.83. The van der Waals surface area contributed by atoms with Gasteiger partial charge in [-0.25, -0.2) is 4.98 Å². The van der Waals surface area contributed by atoms with Crippen LogP contribution in [0.5, 0.6) is 5.75 Å². The lowest BCUT2D eigenvalue weighted by molar-refractivity contribution is -0.121. The van der Waals surface area contributed by atoms with Crippen molar-refractivity contribution < 1.29 is 14.3 Å². The number of aromatic nitrogens is 1. The zero-order valence-electron chi connectivity index (χ0n) is 19.0. The first-order chi connectivity index (χ1) is 16.0. The summed E-state index contributed by atoms with van der Waals surface area (Å²) in [5.74, 6) is 0.767. The van der Waals surface area contributed by atoms with Crippen LogP contribution in [0.25, 0.3) is 10.6 Å². The van der Waals surface area contributed by atoms with Crippen molar-refractivity contribution in [3.8, 4) is 16.3 Å². The van der Waals surface area contributed by atoms with Crippen molar-refractivity contribution in [2.75, 3.05) is 19.7 Å². The molecule has 2 amide bonds. The minimum atomic E-state index is -0.0209. The van der Waals surface area contributed by atoms with Crippen molar-refractivity contribution >= 4 is 23.2 Å². The van der Waals surface area contributed by atoms with E-state index in [0.717, 1.165) is 34.9 Å². The normalized spacial score (nSPS) is 14.2. The van der Waals surface area contributed by atoms with Gasteiger partial charge in [-0.2, -0.15) is 0 Å². The summed E-state index contributed by atoms with van der Waals surface area (Å²) in [4.78, 5) is 31.8. The van der Waals surface area contributed by atoms with E-state index in [9.17, 15) is 9.59 Å². The van der Waals surface area contributed by atoms with Crippen LogP contribution in [0.4, 0.5) is 0 Å². The summed E-state index contributed by atoms with van der Waals surface area (Å²) >= 11 is 1.56. The fraction of sp³-hybridized carbons (Fsp3) is 0.346. The molecule has 2 aromatic carbocycles. The van der Waals surface area contributed by atoms with Crippen molar-refractivity contribution in [3.63, 3.8) is 0 Å². The molecule has 0 aliphatic carbocycles. The highest BCUT2D eigenvalue weighted by molar-refractivity contribution is 7.13. The highest BCUT2D eigenvalue weighted by Gasteiger charge is 2.25. The number of aryl methyl sites for hydroxylation is 1. The molecule has 0 atom stereocenters. The number of amides is 2. The van der Waals surface area contributed by atoms with Crippen molar-refractivity contribution in [3.05, 3.63) is 70.7 Å². The van der Waals surface area contributed by atoms with Gasteiger partial charge in [0.25, 0.3) is 5.91 Å². The number of hydrogen-bond donors (Lipinski definition) is 1. The number of piperidine rings is 1. The summed E-state index contributed by atoms with van der Waals surface area (Å²) in [5.41, 5.74) is 3.72. The summed E-state index contributed by atoms with van der Waals surface area (Å²) in [6, 6.07) is 15.6. The highest BCUT2D eigenvalue weighted by Crippen LogP contribution is 2.25. The molecule has 7 heteroatoms. The molecule has 3 aromatic rings. The van der Waals surface area contributed by atoms with Crippen LogP contribution in [-0.4, -0.2) is 47.4 Å². The van der Waals surface area contributed by atoms with Gasteiger partial charge in [0.05, 0.1) is 18.7 Å². The lowest BCUT2D eigenvalue weighted by atomic mass is 10.0. The monoisotopic (exact) mass is 463 g/mol. The summed E-state index contributed by atoms with van der Waals surface area (Å²) < 4.78 is 5.44. The number of ether oxygens (including phenoxy) is 1. The maximum Gasteiger partial charge on any atom is 0.253 e. The number of carbonyl (C=O) groups is 2. The van der Waals surface area contributed by atoms with E-state index in [-0.39, 0.29) is 24.3 Å². The average Bonchev–Trinajstić information content (AvgIpc) is 3.28. The van der Waals surface area contributed by atoms with E-state index in [1.165, 1.54) is 5.56 Å². The molecule has 1 N–H and O–H groups in total. The average molecular weight is 464 g/mol. The Balaban J connectivity index is 1.25. The Hall–Kier alpha value is -3.19. The quantitative estimate of drug-likeness (QED) is 0.561. The number of hydrogen-bond acceptors (Lipinski definition) is 5. The number of benzene rings is 2. The Morgan fingerprint density at radius 2 is 1.91 bits per heavy atom. The number of thiazole rings is 1. The molecule has 4 rings (SSSR count). The number of likely N-dealkylation sites (tertiary alicyclic amines) is 1. The largest absolute Gasteiger partial charge is 0.494 e. The third-order valence-corrected chi connectivity index (χ3v) is 6.66. The first kappa shape index (κ1) is 23.0. The van der Waals surface area contributed by atoms with Crippen LogP contribution in [-0.2, 0) is 11.2 Å². The van der Waals surface area contributed by atoms with Crippen LogP contribution in [0.2, 0.25) is 0 Å². The molecule has 6 nitrogen and oxygen atoms in total. The summed E-state index contributed by atoms with van der Waals surface area (Å²) in [7, 11) is 0. The third kappa shape index (κ3) is 5.99. The SMILES string of the molecule is CCOc1ccc(C(=O)N2CCC(NC(=O)Cc3csc(-c4cccc(C)c4)n3)CC2)cc1. The van der Waals surface area contributed by atoms with Gasteiger partial charge in [-0.1, -0.05) is 23.8 Å². The van der Waals surface area contributed by atoms with Gasteiger partial charge < -0.3 is 15.0 Å². The highest BCUT2D eigenvalue weighted by atomic mass is 32.1. The summed E-state index contributed by atoms with van der Waals surface area (Å²) in [6.45, 7) is 5.85. The second-order valence-corrected chi connectivity index (χ2v) is 9.14. The summed E-state index contributed by atoms with van der Waals surface area (Å²) in [5, 5.41) is 6.00. The molecule has 33 heavy (non-hydrogen) atoms. The topological polar surface area (TPSA) is 71.5 Å². The van der Waals surface area contributed by atoms with Gasteiger partial charge in [-0.3, -0.25) is 9.59 Å². The Morgan fingerprint density at radius 1 is 1.15 bits per heavy atom. The predicted molar refractivity (Wildman–Crippen MR) is 131 cm³/mol. The smallest absolute Gasteiger partial charge is 0.253 e. The first-order valence-corrected chi connectivity index (χ1v) is 12.2. The molecule has 172 valence electrons. The second-order valence-electron chi connectivity index (χ2n) is 8.28. The Kier molecular flexibility index (Phi) is 7.40. The van der Waals surface area contributed by atoms with Gasteiger partial charge in [0.1, 0.15) is 10.8 Å². The van der Waals surface area contributed by atoms with E-state index in [2.05, 4.69) is 29.4 Å². The minimum absolute atomic E-state index is 0.0209. The Bertz CT molecular complexity index is 1100. The number of nitrogens with one attached hydrogen (secondary N) is 1. The van der Waals surface area contributed by atoms with Crippen LogP contribution in [0.3, 0.4) is 0 Å². The molecule has 1 saturated heterocycles. The zero-order valence-corrected chi connectivity index (χ0v) is 19.9. The van der Waals surface area contributed by atoms with Crippen LogP contribution in [0, 0.1) is 6.92 Å². The number of carbonyl (C=O) groups excluding carboxylic acids is 2. The lowest BCUT2D eigenvalue weighted by Crippen LogP contribution is -2.46. The van der Waals surface area contributed by atoms with Crippen LogP contribution in [0.1, 0.15) is 41.4 Å². The molecule has 2 heterocycles. The standard InChI is InChI=1S/C26H29N3O3S/c1-3-32-23-9-7-19(8-10-23)26(31)29-13-11-21(12-14-29)27-24(30)16-22-17-33-25(28-22)20-6-4-5-18(2)15-20/h4-10,15,17,21H,3,11-14,16H2,1-2H3,(H,27,30). The molecule has 1 aromatic heterocycles. The number of rotatable bonds is 7. The van der Waals surface area contributed by atoms with E-state index >= 15 is 0 Å². The van der Waals surface area contributed by atoms with Gasteiger partial charge in [0.2, 0.25) is 5.91 Å². The number of nitrogens with zero attached hydrogens (tertiary/aromatic N) is 2. The molecule has 0 bridgehead atoms. The molecule has 0 spiro atoms. The van der Waals surface area contributed by atoms with Crippen molar-refractivity contribution in [1.82, 2.24) is 15.2 Å². The van der Waals surface area contributed by atoms with Crippen LogP contribution >= 0.6 is 11.3 Å². The Labute approximate surface area is 198 Å². The van der Waals surface area contributed by atoms with Gasteiger partial charge in [0.15, 0.2) is 0 Å². The van der Waals surface area contributed by atoms with E-state index in [0.29, 0.717) is 25.3 Å². The maximum absolute atomic E-state index is 12.8. The van der Waals surface area contributed by atoms with Crippen molar-refractivity contribution in [2.24, 2.45) is 0 Å². The summed E-state index contributed by atoms with van der Waals surface area (Å²) in [6.07, 6.45) is 1.77. The Morgan fingerprint density at radius 3 is 2.61 bits per heavy atom. The third-order valence-electron chi connectivity index (χ3n) is 5.72. The molecule has 1 aliphatic heterocycles. The minimum Gasteiger partial charge on any atom is -0.494 e. The van der Waals surface area contributed by atoms with E-state index in [1.54, 1.807) is 23.5 Å². The van der Waals surface area contributed by atoms with Gasteiger partial charge in [-0.15, -0.1) is 11.3 Å². The molecule has 1 aliphatic rings. The van der Waals surface area contributed by atoms with Crippen LogP contribution in [0.15, 0.2) is 53.9 Å².